The minimum absolute atomic E-state index is 0.451. The summed E-state index contributed by atoms with van der Waals surface area (Å²) in [6, 6.07) is 32.5. The molecule has 0 aliphatic carbocycles. The Labute approximate surface area is 224 Å². The van der Waals surface area contributed by atoms with Gasteiger partial charge in [-0.1, -0.05) is 72.8 Å². The lowest BCUT2D eigenvalue weighted by atomic mass is 9.70. The van der Waals surface area contributed by atoms with Gasteiger partial charge in [-0.05, 0) is 66.7 Å². The maximum Gasteiger partial charge on any atom is 0.217 e. The molecule has 5 rings (SSSR count). The molecule has 1 N–H and O–H groups in total. The molecule has 0 aliphatic heterocycles. The first kappa shape index (κ1) is 25.7. The van der Waals surface area contributed by atoms with Crippen LogP contribution in [0.5, 0.6) is 11.6 Å². The average Bonchev–Trinajstić information content (AvgIpc) is 2.95. The number of rotatable bonds is 9. The summed E-state index contributed by atoms with van der Waals surface area (Å²) in [6.07, 6.45) is 0.507. The summed E-state index contributed by atoms with van der Waals surface area (Å²) in [5, 5.41) is 16.1. The van der Waals surface area contributed by atoms with Crippen LogP contribution in [0.2, 0.25) is 0 Å². The molecule has 1 heterocycles. The van der Waals surface area contributed by atoms with E-state index >= 15 is 0 Å². The Bertz CT molecular complexity index is 1550. The maximum atomic E-state index is 13.1. The van der Waals surface area contributed by atoms with Crippen LogP contribution in [0, 0.1) is 0 Å². The molecule has 1 aromatic heterocycles. The summed E-state index contributed by atoms with van der Waals surface area (Å²) in [6.45, 7) is 0.695. The molecule has 5 aromatic rings. The molecule has 4 aromatic carbocycles. The summed E-state index contributed by atoms with van der Waals surface area (Å²) in [4.78, 5) is 6.99. The van der Waals surface area contributed by atoms with Crippen molar-refractivity contribution in [3.63, 3.8) is 0 Å². The van der Waals surface area contributed by atoms with E-state index in [1.807, 2.05) is 68.7 Å². The van der Waals surface area contributed by atoms with Crippen LogP contribution in [-0.4, -0.2) is 49.9 Å². The first-order valence-electron chi connectivity index (χ1n) is 12.9. The van der Waals surface area contributed by atoms with Crippen molar-refractivity contribution in [3.8, 4) is 11.6 Å². The highest BCUT2D eigenvalue weighted by molar-refractivity contribution is 5.87. The maximum absolute atomic E-state index is 13.1. The van der Waals surface area contributed by atoms with E-state index in [4.69, 9.17) is 14.5 Å². The molecule has 5 nitrogen and oxygen atoms in total. The van der Waals surface area contributed by atoms with Crippen LogP contribution in [0.3, 0.4) is 0 Å². The van der Waals surface area contributed by atoms with Gasteiger partial charge in [0.1, 0.15) is 11.4 Å². The number of aliphatic hydroxyl groups is 1. The number of pyridine rings is 1. The largest absolute Gasteiger partial charge is 0.497 e. The van der Waals surface area contributed by atoms with Crippen molar-refractivity contribution < 1.29 is 14.6 Å². The third-order valence-electron chi connectivity index (χ3n) is 7.33. The summed E-state index contributed by atoms with van der Waals surface area (Å²) in [7, 11) is 7.36. The van der Waals surface area contributed by atoms with Gasteiger partial charge >= 0.3 is 0 Å². The van der Waals surface area contributed by atoms with Gasteiger partial charge in [0.2, 0.25) is 5.88 Å². The topological polar surface area (TPSA) is 54.8 Å². The SMILES string of the molecule is COc1ccc2nc(OC)c(C(c3ccccc3)[C@](O)(CCN(C)C)c3cccc4ccccc34)cc2c1. The number of benzene rings is 4. The standard InChI is InChI=1S/C33H34N2O3/c1-35(2)20-19-33(36,29-16-10-14-23-11-8-9-15-27(23)29)31(24-12-6-5-7-13-24)28-22-25-21-26(37-3)17-18-30(25)34-32(28)38-4/h5-18,21-22,31,36H,19-20H2,1-4H3/t31?,33-/m0/s1. The Morgan fingerprint density at radius 2 is 1.55 bits per heavy atom. The monoisotopic (exact) mass is 506 g/mol. The van der Waals surface area contributed by atoms with Gasteiger partial charge in [-0.2, -0.15) is 0 Å². The molecular formula is C33H34N2O3. The molecular weight excluding hydrogens is 472 g/mol. The minimum atomic E-state index is -1.27. The summed E-state index contributed by atoms with van der Waals surface area (Å²) < 4.78 is 11.4. The van der Waals surface area contributed by atoms with Crippen LogP contribution < -0.4 is 9.47 Å². The molecule has 0 spiro atoms. The number of hydrogen-bond acceptors (Lipinski definition) is 5. The first-order chi connectivity index (χ1) is 18.4. The average molecular weight is 507 g/mol. The Morgan fingerprint density at radius 1 is 0.816 bits per heavy atom. The van der Waals surface area contributed by atoms with E-state index in [0.717, 1.165) is 44.1 Å². The number of nitrogens with zero attached hydrogens (tertiary/aromatic N) is 2. The fraction of sp³-hybridized carbons (Fsp3) is 0.242. The van der Waals surface area contributed by atoms with Crippen LogP contribution in [-0.2, 0) is 5.60 Å². The van der Waals surface area contributed by atoms with Crippen LogP contribution in [0.1, 0.15) is 29.0 Å². The molecule has 194 valence electrons. The highest BCUT2D eigenvalue weighted by Crippen LogP contribution is 2.49. The smallest absolute Gasteiger partial charge is 0.217 e. The van der Waals surface area contributed by atoms with E-state index in [9.17, 15) is 5.11 Å². The Kier molecular flexibility index (Phi) is 7.32. The van der Waals surface area contributed by atoms with Gasteiger partial charge in [-0.25, -0.2) is 4.98 Å². The summed E-state index contributed by atoms with van der Waals surface area (Å²) in [5.74, 6) is 0.802. The van der Waals surface area contributed by atoms with Crippen molar-refractivity contribution >= 4 is 21.7 Å². The second-order valence-electron chi connectivity index (χ2n) is 9.99. The second kappa shape index (κ2) is 10.8. The molecule has 0 saturated heterocycles. The Balaban J connectivity index is 1.83. The fourth-order valence-electron chi connectivity index (χ4n) is 5.44. The van der Waals surface area contributed by atoms with E-state index in [1.54, 1.807) is 14.2 Å². The van der Waals surface area contributed by atoms with E-state index in [1.165, 1.54) is 0 Å². The minimum Gasteiger partial charge on any atom is -0.497 e. The molecule has 0 saturated carbocycles. The quantitative estimate of drug-likeness (QED) is 0.252. The number of aromatic nitrogens is 1. The van der Waals surface area contributed by atoms with Crippen molar-refractivity contribution in [1.82, 2.24) is 9.88 Å². The summed E-state index contributed by atoms with van der Waals surface area (Å²) >= 11 is 0. The van der Waals surface area contributed by atoms with Crippen LogP contribution in [0.15, 0.2) is 97.1 Å². The van der Waals surface area contributed by atoms with Crippen molar-refractivity contribution in [2.75, 3.05) is 34.9 Å². The third kappa shape index (κ3) is 4.83. The molecule has 0 aliphatic rings. The van der Waals surface area contributed by atoms with E-state index in [2.05, 4.69) is 47.4 Å². The van der Waals surface area contributed by atoms with E-state index < -0.39 is 11.5 Å². The predicted molar refractivity (Wildman–Crippen MR) is 154 cm³/mol. The molecule has 0 amide bonds. The lowest BCUT2D eigenvalue weighted by molar-refractivity contribution is 0.00520. The summed E-state index contributed by atoms with van der Waals surface area (Å²) in [5.41, 5.74) is 2.24. The highest BCUT2D eigenvalue weighted by atomic mass is 16.5. The van der Waals surface area contributed by atoms with Gasteiger partial charge in [-0.15, -0.1) is 0 Å². The molecule has 5 heteroatoms. The predicted octanol–water partition coefficient (Wildman–Crippen LogP) is 6.38. The normalized spacial score (nSPS) is 13.9. The van der Waals surface area contributed by atoms with Gasteiger partial charge in [0, 0.05) is 23.4 Å². The van der Waals surface area contributed by atoms with Crippen LogP contribution >= 0.6 is 0 Å². The van der Waals surface area contributed by atoms with E-state index in [-0.39, 0.29) is 0 Å². The highest BCUT2D eigenvalue weighted by Gasteiger charge is 2.43. The zero-order valence-electron chi connectivity index (χ0n) is 22.4. The van der Waals surface area contributed by atoms with Crippen LogP contribution in [0.4, 0.5) is 0 Å². The van der Waals surface area contributed by atoms with Gasteiger partial charge in [0.15, 0.2) is 0 Å². The van der Waals surface area contributed by atoms with Gasteiger partial charge in [0.25, 0.3) is 0 Å². The van der Waals surface area contributed by atoms with Gasteiger partial charge < -0.3 is 19.5 Å². The third-order valence-corrected chi connectivity index (χ3v) is 7.33. The zero-order chi connectivity index (χ0) is 26.7. The number of hydrogen-bond donors (Lipinski definition) is 1. The molecule has 1 unspecified atom stereocenters. The first-order valence-corrected chi connectivity index (χ1v) is 12.9. The lowest BCUT2D eigenvalue weighted by Gasteiger charge is -2.39. The van der Waals surface area contributed by atoms with Gasteiger partial charge in [0.05, 0.1) is 19.7 Å². The second-order valence-corrected chi connectivity index (χ2v) is 9.99. The molecule has 0 fully saturated rings. The van der Waals surface area contributed by atoms with Crippen molar-refractivity contribution in [2.45, 2.75) is 17.9 Å². The Morgan fingerprint density at radius 3 is 2.29 bits per heavy atom. The van der Waals surface area contributed by atoms with E-state index in [0.29, 0.717) is 18.8 Å². The number of methoxy groups -OCH3 is 2. The zero-order valence-corrected chi connectivity index (χ0v) is 22.4. The Hall–Kier alpha value is -3.93. The fourth-order valence-corrected chi connectivity index (χ4v) is 5.44. The number of ether oxygens (including phenoxy) is 2. The molecule has 0 bridgehead atoms. The van der Waals surface area contributed by atoms with Crippen molar-refractivity contribution in [2.24, 2.45) is 0 Å². The molecule has 0 radical (unpaired) electrons. The molecule has 38 heavy (non-hydrogen) atoms. The lowest BCUT2D eigenvalue weighted by Crippen LogP contribution is -2.38. The van der Waals surface area contributed by atoms with Crippen LogP contribution in [0.25, 0.3) is 21.7 Å². The van der Waals surface area contributed by atoms with Crippen molar-refractivity contribution in [3.05, 3.63) is 114 Å². The molecule has 2 atom stereocenters. The van der Waals surface area contributed by atoms with Crippen molar-refractivity contribution in [1.29, 1.82) is 0 Å². The van der Waals surface area contributed by atoms with Gasteiger partial charge in [-0.3, -0.25) is 0 Å². The number of fused-ring (bicyclic) bond motifs is 2.